The standard InChI is InChI=1S/C24H28FN3O3/c25-19-6-3-16(4-7-19)2-1-11-24(27-15-22(26)29)12-9-17(10-13-24)18-5-8-20-21(14-18)31-23(30)28-20/h3-8,14,17,27H,1-2,9-13,15H2,(H2,26,29)(H,28,30). The van der Waals surface area contributed by atoms with Crippen molar-refractivity contribution in [2.24, 2.45) is 5.73 Å². The van der Waals surface area contributed by atoms with Crippen LogP contribution in [0.2, 0.25) is 0 Å². The second-order valence-corrected chi connectivity index (χ2v) is 8.62. The van der Waals surface area contributed by atoms with E-state index in [1.807, 2.05) is 24.3 Å². The lowest BCUT2D eigenvalue weighted by Gasteiger charge is -2.41. The van der Waals surface area contributed by atoms with E-state index in [0.717, 1.165) is 50.5 Å². The Morgan fingerprint density at radius 1 is 1.19 bits per heavy atom. The minimum Gasteiger partial charge on any atom is -0.408 e. The molecule has 3 aromatic rings. The van der Waals surface area contributed by atoms with E-state index in [9.17, 15) is 14.0 Å². The van der Waals surface area contributed by atoms with Crippen LogP contribution in [-0.4, -0.2) is 23.0 Å². The van der Waals surface area contributed by atoms with E-state index in [-0.39, 0.29) is 23.8 Å². The van der Waals surface area contributed by atoms with Gasteiger partial charge in [0.15, 0.2) is 5.58 Å². The maximum Gasteiger partial charge on any atom is 0.417 e. The van der Waals surface area contributed by atoms with Gasteiger partial charge in [-0.2, -0.15) is 0 Å². The Labute approximate surface area is 180 Å². The lowest BCUT2D eigenvalue weighted by molar-refractivity contribution is -0.117. The fourth-order valence-electron chi connectivity index (χ4n) is 4.79. The van der Waals surface area contributed by atoms with Crippen LogP contribution < -0.4 is 16.8 Å². The summed E-state index contributed by atoms with van der Waals surface area (Å²) in [5.41, 5.74) is 8.85. The summed E-state index contributed by atoms with van der Waals surface area (Å²) in [5.74, 6) is -0.636. The van der Waals surface area contributed by atoms with E-state index in [2.05, 4.69) is 16.4 Å². The summed E-state index contributed by atoms with van der Waals surface area (Å²) < 4.78 is 18.3. The van der Waals surface area contributed by atoms with Gasteiger partial charge in [-0.15, -0.1) is 0 Å². The molecule has 31 heavy (non-hydrogen) atoms. The van der Waals surface area contributed by atoms with Crippen molar-refractivity contribution in [3.05, 3.63) is 70.0 Å². The molecule has 0 aliphatic heterocycles. The number of aromatic nitrogens is 1. The number of nitrogens with two attached hydrogens (primary N) is 1. The van der Waals surface area contributed by atoms with Crippen molar-refractivity contribution in [2.75, 3.05) is 6.54 Å². The lowest BCUT2D eigenvalue weighted by atomic mass is 9.72. The van der Waals surface area contributed by atoms with Gasteiger partial charge in [-0.25, -0.2) is 9.18 Å². The van der Waals surface area contributed by atoms with Crippen molar-refractivity contribution in [3.63, 3.8) is 0 Å². The number of fused-ring (bicyclic) bond motifs is 1. The zero-order valence-electron chi connectivity index (χ0n) is 17.5. The normalized spacial score (nSPS) is 21.4. The summed E-state index contributed by atoms with van der Waals surface area (Å²) in [4.78, 5) is 25.5. The Balaban J connectivity index is 1.40. The zero-order valence-corrected chi connectivity index (χ0v) is 17.5. The smallest absolute Gasteiger partial charge is 0.408 e. The highest BCUT2D eigenvalue weighted by atomic mass is 19.1. The minimum atomic E-state index is -0.438. The number of halogens is 1. The molecular formula is C24H28FN3O3. The number of amides is 1. The van der Waals surface area contributed by atoms with Crippen molar-refractivity contribution in [2.45, 2.75) is 56.4 Å². The summed E-state index contributed by atoms with van der Waals surface area (Å²) in [6, 6.07) is 12.5. The molecule has 6 nitrogen and oxygen atoms in total. The molecule has 0 bridgehead atoms. The quantitative estimate of drug-likeness (QED) is 0.512. The van der Waals surface area contributed by atoms with Gasteiger partial charge in [-0.3, -0.25) is 9.78 Å². The fraction of sp³-hybridized carbons (Fsp3) is 0.417. The Hall–Kier alpha value is -2.93. The highest BCUT2D eigenvalue weighted by Crippen LogP contribution is 2.40. The monoisotopic (exact) mass is 425 g/mol. The van der Waals surface area contributed by atoms with Gasteiger partial charge in [0.1, 0.15) is 5.82 Å². The molecule has 0 saturated heterocycles. The molecule has 1 aliphatic rings. The van der Waals surface area contributed by atoms with Crippen molar-refractivity contribution in [1.29, 1.82) is 0 Å². The number of H-pyrrole nitrogens is 1. The third kappa shape index (κ3) is 5.22. The van der Waals surface area contributed by atoms with Crippen LogP contribution in [0.1, 0.15) is 55.6 Å². The Kier molecular flexibility index (Phi) is 6.23. The average Bonchev–Trinajstić information content (AvgIpc) is 3.13. The van der Waals surface area contributed by atoms with Gasteiger partial charge in [-0.05, 0) is 86.3 Å². The van der Waals surface area contributed by atoms with Crippen LogP contribution in [-0.2, 0) is 11.2 Å². The second-order valence-electron chi connectivity index (χ2n) is 8.62. The van der Waals surface area contributed by atoms with E-state index in [0.29, 0.717) is 17.0 Å². The molecule has 1 fully saturated rings. The van der Waals surface area contributed by atoms with E-state index in [4.69, 9.17) is 10.2 Å². The first-order valence-corrected chi connectivity index (χ1v) is 10.8. The average molecular weight is 426 g/mol. The summed E-state index contributed by atoms with van der Waals surface area (Å²) in [6.45, 7) is 0.168. The van der Waals surface area contributed by atoms with Gasteiger partial charge in [0.25, 0.3) is 0 Å². The number of aryl methyl sites for hydroxylation is 1. The van der Waals surface area contributed by atoms with Gasteiger partial charge < -0.3 is 15.5 Å². The molecule has 2 aromatic carbocycles. The van der Waals surface area contributed by atoms with Crippen molar-refractivity contribution < 1.29 is 13.6 Å². The number of aromatic amines is 1. The SMILES string of the molecule is NC(=O)CNC1(CCCc2ccc(F)cc2)CCC(c2ccc3[nH]c(=O)oc3c2)CC1. The highest BCUT2D eigenvalue weighted by molar-refractivity contribution is 5.76. The lowest BCUT2D eigenvalue weighted by Crippen LogP contribution is -2.50. The van der Waals surface area contributed by atoms with Crippen LogP contribution in [0.15, 0.2) is 51.7 Å². The van der Waals surface area contributed by atoms with E-state index >= 15 is 0 Å². The third-order valence-electron chi connectivity index (χ3n) is 6.53. The first kappa shape index (κ1) is 21.3. The van der Waals surface area contributed by atoms with Gasteiger partial charge >= 0.3 is 5.76 Å². The Bertz CT molecular complexity index is 1100. The van der Waals surface area contributed by atoms with Crippen LogP contribution in [0.4, 0.5) is 4.39 Å². The van der Waals surface area contributed by atoms with Crippen molar-refractivity contribution in [1.82, 2.24) is 10.3 Å². The van der Waals surface area contributed by atoms with E-state index in [1.54, 1.807) is 0 Å². The van der Waals surface area contributed by atoms with Gasteiger partial charge in [-0.1, -0.05) is 18.2 Å². The zero-order chi connectivity index (χ0) is 21.8. The topological polar surface area (TPSA) is 101 Å². The highest BCUT2D eigenvalue weighted by Gasteiger charge is 2.35. The van der Waals surface area contributed by atoms with Crippen LogP contribution in [0, 0.1) is 5.82 Å². The molecule has 4 rings (SSSR count). The number of hydrogen-bond donors (Lipinski definition) is 3. The Morgan fingerprint density at radius 2 is 1.94 bits per heavy atom. The summed E-state index contributed by atoms with van der Waals surface area (Å²) >= 11 is 0. The van der Waals surface area contributed by atoms with Gasteiger partial charge in [0.05, 0.1) is 12.1 Å². The summed E-state index contributed by atoms with van der Waals surface area (Å²) in [7, 11) is 0. The first-order valence-electron chi connectivity index (χ1n) is 10.8. The largest absolute Gasteiger partial charge is 0.417 e. The van der Waals surface area contributed by atoms with Gasteiger partial charge in [0, 0.05) is 5.54 Å². The van der Waals surface area contributed by atoms with Gasteiger partial charge in [0.2, 0.25) is 5.91 Å². The summed E-state index contributed by atoms with van der Waals surface area (Å²) in [5, 5.41) is 3.44. The predicted molar refractivity (Wildman–Crippen MR) is 117 cm³/mol. The van der Waals surface area contributed by atoms with Crippen LogP contribution >= 0.6 is 0 Å². The molecule has 0 atom stereocenters. The predicted octanol–water partition coefficient (Wildman–Crippen LogP) is 3.75. The molecule has 7 heteroatoms. The molecule has 1 aliphatic carbocycles. The van der Waals surface area contributed by atoms with E-state index in [1.165, 1.54) is 17.7 Å². The molecule has 1 heterocycles. The number of benzene rings is 2. The third-order valence-corrected chi connectivity index (χ3v) is 6.53. The Morgan fingerprint density at radius 3 is 2.65 bits per heavy atom. The molecule has 1 aromatic heterocycles. The molecule has 4 N–H and O–H groups in total. The fourth-order valence-corrected chi connectivity index (χ4v) is 4.79. The van der Waals surface area contributed by atoms with Crippen molar-refractivity contribution in [3.8, 4) is 0 Å². The second kappa shape index (κ2) is 9.06. The number of carbonyl (C=O) groups excluding carboxylic acids is 1. The number of rotatable bonds is 8. The molecular weight excluding hydrogens is 397 g/mol. The summed E-state index contributed by atoms with van der Waals surface area (Å²) in [6.07, 6.45) is 6.56. The van der Waals surface area contributed by atoms with E-state index < -0.39 is 5.76 Å². The maximum absolute atomic E-state index is 13.1. The number of oxazole rings is 1. The molecule has 0 spiro atoms. The minimum absolute atomic E-state index is 0.129. The molecule has 1 saturated carbocycles. The van der Waals surface area contributed by atoms with Crippen LogP contribution in [0.5, 0.6) is 0 Å². The molecule has 0 radical (unpaired) electrons. The number of carbonyl (C=O) groups is 1. The van der Waals surface area contributed by atoms with Crippen LogP contribution in [0.25, 0.3) is 11.1 Å². The molecule has 164 valence electrons. The molecule has 1 amide bonds. The number of primary amides is 1. The molecule has 0 unspecified atom stereocenters. The maximum atomic E-state index is 13.1. The van der Waals surface area contributed by atoms with Crippen LogP contribution in [0.3, 0.4) is 0 Å². The van der Waals surface area contributed by atoms with Crippen molar-refractivity contribution >= 4 is 17.0 Å². The number of nitrogens with one attached hydrogen (secondary N) is 2. The number of hydrogen-bond acceptors (Lipinski definition) is 4. The first-order chi connectivity index (χ1) is 14.9.